The van der Waals surface area contributed by atoms with Crippen LogP contribution in [0.15, 0.2) is 87.8 Å². The van der Waals surface area contributed by atoms with Crippen LogP contribution in [-0.2, 0) is 0 Å². The first-order valence-corrected chi connectivity index (χ1v) is 8.34. The van der Waals surface area contributed by atoms with Crippen LogP contribution < -0.4 is 0 Å². The monoisotopic (exact) mass is 376 g/mol. The molecule has 4 aromatic rings. The van der Waals surface area contributed by atoms with Gasteiger partial charge < -0.3 is 4.42 Å². The fraction of sp³-hybridized carbons (Fsp3) is 0. The number of benzene rings is 3. The molecule has 1 heterocycles. The van der Waals surface area contributed by atoms with Crippen LogP contribution in [0.25, 0.3) is 34.0 Å². The van der Waals surface area contributed by atoms with Crippen molar-refractivity contribution < 1.29 is 4.42 Å². The molecule has 0 amide bonds. The summed E-state index contributed by atoms with van der Waals surface area (Å²) in [6.45, 7) is 0. The van der Waals surface area contributed by atoms with Crippen molar-refractivity contribution in [1.82, 2.24) is 10.2 Å². The summed E-state index contributed by atoms with van der Waals surface area (Å²) in [5, 5.41) is 8.31. The normalized spacial score (nSPS) is 10.7. The topological polar surface area (TPSA) is 38.9 Å². The van der Waals surface area contributed by atoms with Gasteiger partial charge in [-0.2, -0.15) is 0 Å². The Labute approximate surface area is 148 Å². The van der Waals surface area contributed by atoms with Crippen molar-refractivity contribution in [3.8, 4) is 34.0 Å². The predicted octanol–water partition coefficient (Wildman–Crippen LogP) is 5.83. The molecule has 24 heavy (non-hydrogen) atoms. The molecule has 3 nitrogen and oxygen atoms in total. The van der Waals surface area contributed by atoms with Crippen LogP contribution in [0, 0.1) is 0 Å². The molecule has 116 valence electrons. The first kappa shape index (κ1) is 14.8. The first-order chi connectivity index (χ1) is 11.8. The zero-order valence-electron chi connectivity index (χ0n) is 12.7. The molecule has 0 saturated carbocycles. The van der Waals surface area contributed by atoms with E-state index in [0.717, 1.165) is 21.2 Å². The molecule has 4 heteroatoms. The molecule has 0 aliphatic heterocycles. The molecule has 0 spiro atoms. The van der Waals surface area contributed by atoms with Gasteiger partial charge in [-0.3, -0.25) is 0 Å². The second kappa shape index (κ2) is 6.42. The Balaban J connectivity index is 1.63. The van der Waals surface area contributed by atoms with Crippen molar-refractivity contribution in [2.24, 2.45) is 0 Å². The highest BCUT2D eigenvalue weighted by atomic mass is 79.9. The van der Waals surface area contributed by atoms with Crippen LogP contribution in [-0.4, -0.2) is 10.2 Å². The van der Waals surface area contributed by atoms with E-state index < -0.39 is 0 Å². The summed E-state index contributed by atoms with van der Waals surface area (Å²) < 4.78 is 6.79. The number of nitrogens with zero attached hydrogens (tertiary/aromatic N) is 2. The Bertz CT molecular complexity index is 962. The van der Waals surface area contributed by atoms with E-state index in [9.17, 15) is 0 Å². The minimum Gasteiger partial charge on any atom is -0.416 e. The number of hydrogen-bond donors (Lipinski definition) is 0. The van der Waals surface area contributed by atoms with Crippen molar-refractivity contribution in [2.45, 2.75) is 0 Å². The largest absolute Gasteiger partial charge is 0.416 e. The molecule has 0 bridgehead atoms. The highest BCUT2D eigenvalue weighted by Crippen LogP contribution is 2.27. The van der Waals surface area contributed by atoms with Crippen LogP contribution in [0.2, 0.25) is 0 Å². The highest BCUT2D eigenvalue weighted by molar-refractivity contribution is 9.10. The maximum Gasteiger partial charge on any atom is 0.248 e. The van der Waals surface area contributed by atoms with Gasteiger partial charge in [0.25, 0.3) is 0 Å². The Hall–Kier alpha value is -2.72. The molecule has 0 atom stereocenters. The predicted molar refractivity (Wildman–Crippen MR) is 98.3 cm³/mol. The van der Waals surface area contributed by atoms with E-state index in [1.807, 2.05) is 54.6 Å². The number of aromatic nitrogens is 2. The van der Waals surface area contributed by atoms with Crippen LogP contribution >= 0.6 is 15.9 Å². The van der Waals surface area contributed by atoms with Gasteiger partial charge in [-0.25, -0.2) is 0 Å². The summed E-state index contributed by atoms with van der Waals surface area (Å²) >= 11 is 3.45. The zero-order chi connectivity index (χ0) is 16.4. The molecule has 0 N–H and O–H groups in total. The minimum absolute atomic E-state index is 0.512. The van der Waals surface area contributed by atoms with Gasteiger partial charge in [0, 0.05) is 15.6 Å². The molecular formula is C20H13BrN2O. The SMILES string of the molecule is Brc1cccc(-c2nnc(-c3ccc(-c4ccccc4)cc3)o2)c1. The lowest BCUT2D eigenvalue weighted by molar-refractivity contribution is 0.584. The fourth-order valence-corrected chi connectivity index (χ4v) is 2.91. The Morgan fingerprint density at radius 2 is 1.17 bits per heavy atom. The summed E-state index contributed by atoms with van der Waals surface area (Å²) in [5.74, 6) is 1.03. The third kappa shape index (κ3) is 3.01. The second-order valence-electron chi connectivity index (χ2n) is 5.37. The molecule has 0 aliphatic rings. The van der Waals surface area contributed by atoms with E-state index in [1.54, 1.807) is 0 Å². The highest BCUT2D eigenvalue weighted by Gasteiger charge is 2.10. The summed E-state index contributed by atoms with van der Waals surface area (Å²) in [6.07, 6.45) is 0. The van der Waals surface area contributed by atoms with Gasteiger partial charge in [-0.05, 0) is 41.5 Å². The van der Waals surface area contributed by atoms with Crippen LogP contribution in [0.5, 0.6) is 0 Å². The van der Waals surface area contributed by atoms with Crippen molar-refractivity contribution in [3.05, 3.63) is 83.3 Å². The van der Waals surface area contributed by atoms with E-state index in [1.165, 1.54) is 5.56 Å². The number of rotatable bonds is 3. The lowest BCUT2D eigenvalue weighted by Gasteiger charge is -2.02. The van der Waals surface area contributed by atoms with Crippen LogP contribution in [0.4, 0.5) is 0 Å². The lowest BCUT2D eigenvalue weighted by atomic mass is 10.0. The van der Waals surface area contributed by atoms with E-state index in [4.69, 9.17) is 4.42 Å². The van der Waals surface area contributed by atoms with Crippen molar-refractivity contribution in [2.75, 3.05) is 0 Å². The first-order valence-electron chi connectivity index (χ1n) is 7.55. The maximum atomic E-state index is 5.81. The second-order valence-corrected chi connectivity index (χ2v) is 6.28. The Kier molecular flexibility index (Phi) is 3.97. The van der Waals surface area contributed by atoms with Crippen molar-refractivity contribution in [1.29, 1.82) is 0 Å². The van der Waals surface area contributed by atoms with E-state index in [-0.39, 0.29) is 0 Å². The van der Waals surface area contributed by atoms with Gasteiger partial charge in [-0.15, -0.1) is 10.2 Å². The maximum absolute atomic E-state index is 5.81. The zero-order valence-corrected chi connectivity index (χ0v) is 14.3. The lowest BCUT2D eigenvalue weighted by Crippen LogP contribution is -1.80. The Morgan fingerprint density at radius 1 is 0.583 bits per heavy atom. The molecule has 0 unspecified atom stereocenters. The van der Waals surface area contributed by atoms with Gasteiger partial charge in [0.05, 0.1) is 0 Å². The molecule has 1 aromatic heterocycles. The van der Waals surface area contributed by atoms with Crippen molar-refractivity contribution in [3.63, 3.8) is 0 Å². The average molecular weight is 377 g/mol. The number of halogens is 1. The number of hydrogen-bond acceptors (Lipinski definition) is 3. The van der Waals surface area contributed by atoms with E-state index >= 15 is 0 Å². The fourth-order valence-electron chi connectivity index (χ4n) is 2.51. The van der Waals surface area contributed by atoms with Gasteiger partial charge >= 0.3 is 0 Å². The smallest absolute Gasteiger partial charge is 0.248 e. The minimum atomic E-state index is 0.512. The summed E-state index contributed by atoms with van der Waals surface area (Å²) in [4.78, 5) is 0. The Morgan fingerprint density at radius 3 is 1.88 bits per heavy atom. The van der Waals surface area contributed by atoms with Crippen molar-refractivity contribution >= 4 is 15.9 Å². The van der Waals surface area contributed by atoms with Gasteiger partial charge in [0.2, 0.25) is 11.8 Å². The van der Waals surface area contributed by atoms with Gasteiger partial charge in [0.1, 0.15) is 0 Å². The molecule has 3 aromatic carbocycles. The van der Waals surface area contributed by atoms with Gasteiger partial charge in [-0.1, -0.05) is 64.5 Å². The van der Waals surface area contributed by atoms with Gasteiger partial charge in [0.15, 0.2) is 0 Å². The summed E-state index contributed by atoms with van der Waals surface area (Å²) in [6, 6.07) is 26.2. The van der Waals surface area contributed by atoms with E-state index in [2.05, 4.69) is 50.4 Å². The quantitative estimate of drug-likeness (QED) is 0.451. The van der Waals surface area contributed by atoms with Crippen LogP contribution in [0.3, 0.4) is 0 Å². The molecular weight excluding hydrogens is 364 g/mol. The third-order valence-corrected chi connectivity index (χ3v) is 4.23. The van der Waals surface area contributed by atoms with Crippen LogP contribution in [0.1, 0.15) is 0 Å². The standard InChI is InChI=1S/C20H13BrN2O/c21-18-8-4-7-17(13-18)20-23-22-19(24-20)16-11-9-15(10-12-16)14-5-2-1-3-6-14/h1-13H. The average Bonchev–Trinajstić information content (AvgIpc) is 3.13. The summed E-state index contributed by atoms with van der Waals surface area (Å²) in [5.41, 5.74) is 4.14. The molecule has 0 fully saturated rings. The summed E-state index contributed by atoms with van der Waals surface area (Å²) in [7, 11) is 0. The molecule has 0 radical (unpaired) electrons. The molecule has 4 rings (SSSR count). The molecule has 0 saturated heterocycles. The third-order valence-electron chi connectivity index (χ3n) is 3.74. The van der Waals surface area contributed by atoms with E-state index in [0.29, 0.717) is 11.8 Å². The molecule has 0 aliphatic carbocycles.